The summed E-state index contributed by atoms with van der Waals surface area (Å²) in [7, 11) is 3.36. The van der Waals surface area contributed by atoms with Gasteiger partial charge in [-0.3, -0.25) is 10.1 Å². The van der Waals surface area contributed by atoms with Crippen LogP contribution in [0.2, 0.25) is 0 Å². The van der Waals surface area contributed by atoms with Gasteiger partial charge in [-0.25, -0.2) is 0 Å². The summed E-state index contributed by atoms with van der Waals surface area (Å²) in [6.45, 7) is 1.32. The lowest BCUT2D eigenvalue weighted by Gasteiger charge is -2.10. The molecule has 0 fully saturated rings. The SMILES string of the molecule is CNCCCOc1cc([N+](=O)[O-])ccc1OC. The lowest BCUT2D eigenvalue weighted by molar-refractivity contribution is -0.385. The second kappa shape index (κ2) is 6.70. The highest BCUT2D eigenvalue weighted by Gasteiger charge is 2.12. The van der Waals surface area contributed by atoms with Gasteiger partial charge in [0.25, 0.3) is 5.69 Å². The van der Waals surface area contributed by atoms with Gasteiger partial charge in [-0.1, -0.05) is 0 Å². The third-order valence-electron chi connectivity index (χ3n) is 2.19. The van der Waals surface area contributed by atoms with Crippen LogP contribution in [-0.4, -0.2) is 32.2 Å². The average molecular weight is 240 g/mol. The van der Waals surface area contributed by atoms with Crippen LogP contribution in [0.25, 0.3) is 0 Å². The number of nitro benzene ring substituents is 1. The Morgan fingerprint density at radius 3 is 2.76 bits per heavy atom. The first-order chi connectivity index (χ1) is 8.19. The molecule has 17 heavy (non-hydrogen) atoms. The van der Waals surface area contributed by atoms with E-state index in [1.807, 2.05) is 7.05 Å². The monoisotopic (exact) mass is 240 g/mol. The van der Waals surface area contributed by atoms with Crippen molar-refractivity contribution in [1.29, 1.82) is 0 Å². The fourth-order valence-corrected chi connectivity index (χ4v) is 1.32. The molecule has 0 saturated heterocycles. The molecule has 0 amide bonds. The molecule has 0 aromatic heterocycles. The Kier molecular flexibility index (Phi) is 5.22. The van der Waals surface area contributed by atoms with Crippen LogP contribution in [0.5, 0.6) is 11.5 Å². The van der Waals surface area contributed by atoms with Gasteiger partial charge in [0.2, 0.25) is 0 Å². The van der Waals surface area contributed by atoms with Crippen LogP contribution < -0.4 is 14.8 Å². The number of methoxy groups -OCH3 is 1. The molecular formula is C11H16N2O4. The Morgan fingerprint density at radius 2 is 2.18 bits per heavy atom. The minimum atomic E-state index is -0.458. The minimum absolute atomic E-state index is 0.00517. The fourth-order valence-electron chi connectivity index (χ4n) is 1.32. The third-order valence-corrected chi connectivity index (χ3v) is 2.19. The van der Waals surface area contributed by atoms with Crippen LogP contribution in [0.3, 0.4) is 0 Å². The molecule has 1 N–H and O–H groups in total. The first kappa shape index (κ1) is 13.2. The van der Waals surface area contributed by atoms with Crippen LogP contribution in [0, 0.1) is 10.1 Å². The van der Waals surface area contributed by atoms with Crippen LogP contribution >= 0.6 is 0 Å². The predicted octanol–water partition coefficient (Wildman–Crippen LogP) is 1.59. The van der Waals surface area contributed by atoms with Gasteiger partial charge in [-0.05, 0) is 26.1 Å². The van der Waals surface area contributed by atoms with E-state index < -0.39 is 4.92 Å². The van der Waals surface area contributed by atoms with Gasteiger partial charge in [0.05, 0.1) is 24.7 Å². The van der Waals surface area contributed by atoms with Gasteiger partial charge >= 0.3 is 0 Å². The molecule has 1 rings (SSSR count). The zero-order chi connectivity index (χ0) is 12.7. The summed E-state index contributed by atoms with van der Waals surface area (Å²) in [6.07, 6.45) is 0.822. The summed E-state index contributed by atoms with van der Waals surface area (Å²) < 4.78 is 10.5. The topological polar surface area (TPSA) is 73.6 Å². The van der Waals surface area contributed by atoms with E-state index >= 15 is 0 Å². The van der Waals surface area contributed by atoms with E-state index in [1.165, 1.54) is 25.3 Å². The number of hydrogen-bond donors (Lipinski definition) is 1. The highest BCUT2D eigenvalue weighted by molar-refractivity contribution is 5.48. The number of nitro groups is 1. The second-order valence-electron chi connectivity index (χ2n) is 3.40. The first-order valence-electron chi connectivity index (χ1n) is 5.29. The standard InChI is InChI=1S/C11H16N2O4/c1-12-6-3-7-17-11-8-9(13(14)15)4-5-10(11)16-2/h4-5,8,12H,3,6-7H2,1-2H3. The van der Waals surface area contributed by atoms with Crippen molar-refractivity contribution in [2.45, 2.75) is 6.42 Å². The van der Waals surface area contributed by atoms with Crippen molar-refractivity contribution in [3.8, 4) is 11.5 Å². The van der Waals surface area contributed by atoms with E-state index in [9.17, 15) is 10.1 Å². The third kappa shape index (κ3) is 3.92. The highest BCUT2D eigenvalue weighted by atomic mass is 16.6. The molecular weight excluding hydrogens is 224 g/mol. The second-order valence-corrected chi connectivity index (χ2v) is 3.40. The van der Waals surface area contributed by atoms with Crippen molar-refractivity contribution < 1.29 is 14.4 Å². The van der Waals surface area contributed by atoms with Crippen LogP contribution in [-0.2, 0) is 0 Å². The van der Waals surface area contributed by atoms with Crippen LogP contribution in [0.15, 0.2) is 18.2 Å². The quantitative estimate of drug-likeness (QED) is 0.445. The van der Waals surface area contributed by atoms with E-state index in [-0.39, 0.29) is 5.69 Å². The molecule has 0 saturated carbocycles. The van der Waals surface area contributed by atoms with Gasteiger partial charge < -0.3 is 14.8 Å². The van der Waals surface area contributed by atoms with Gasteiger partial charge in [0.15, 0.2) is 11.5 Å². The maximum Gasteiger partial charge on any atom is 0.273 e. The van der Waals surface area contributed by atoms with E-state index in [2.05, 4.69) is 5.32 Å². The summed E-state index contributed by atoms with van der Waals surface area (Å²) >= 11 is 0. The predicted molar refractivity (Wildman–Crippen MR) is 63.7 cm³/mol. The summed E-state index contributed by atoms with van der Waals surface area (Å²) in [5.41, 5.74) is -0.00517. The van der Waals surface area contributed by atoms with Gasteiger partial charge in [0, 0.05) is 6.07 Å². The van der Waals surface area contributed by atoms with Crippen molar-refractivity contribution >= 4 is 5.69 Å². The zero-order valence-electron chi connectivity index (χ0n) is 9.93. The van der Waals surface area contributed by atoms with Crippen LogP contribution in [0.4, 0.5) is 5.69 Å². The number of nitrogens with zero attached hydrogens (tertiary/aromatic N) is 1. The number of nitrogens with one attached hydrogen (secondary N) is 1. The van der Waals surface area contributed by atoms with Crippen molar-refractivity contribution in [1.82, 2.24) is 5.32 Å². The Balaban J connectivity index is 2.72. The lowest BCUT2D eigenvalue weighted by atomic mass is 10.3. The summed E-state index contributed by atoms with van der Waals surface area (Å²) in [5, 5.41) is 13.6. The normalized spacial score (nSPS) is 10.0. The minimum Gasteiger partial charge on any atom is -0.493 e. The van der Waals surface area contributed by atoms with Crippen LogP contribution in [0.1, 0.15) is 6.42 Å². The van der Waals surface area contributed by atoms with Gasteiger partial charge in [-0.15, -0.1) is 0 Å². The Labute approximate surface area is 99.7 Å². The molecule has 0 radical (unpaired) electrons. The van der Waals surface area contributed by atoms with E-state index in [0.29, 0.717) is 18.1 Å². The number of benzene rings is 1. The molecule has 0 unspecified atom stereocenters. The number of rotatable bonds is 7. The van der Waals surface area contributed by atoms with Gasteiger partial charge in [-0.2, -0.15) is 0 Å². The molecule has 0 heterocycles. The lowest BCUT2D eigenvalue weighted by Crippen LogP contribution is -2.11. The largest absolute Gasteiger partial charge is 0.493 e. The summed E-state index contributed by atoms with van der Waals surface area (Å²) in [4.78, 5) is 10.2. The first-order valence-corrected chi connectivity index (χ1v) is 5.29. The van der Waals surface area contributed by atoms with E-state index in [4.69, 9.17) is 9.47 Å². The maximum absolute atomic E-state index is 10.6. The number of ether oxygens (including phenoxy) is 2. The molecule has 6 heteroatoms. The van der Waals surface area contributed by atoms with Crippen molar-refractivity contribution in [3.05, 3.63) is 28.3 Å². The molecule has 1 aromatic carbocycles. The number of hydrogen-bond acceptors (Lipinski definition) is 5. The Morgan fingerprint density at radius 1 is 1.41 bits per heavy atom. The zero-order valence-corrected chi connectivity index (χ0v) is 9.93. The molecule has 0 spiro atoms. The molecule has 0 atom stereocenters. The molecule has 6 nitrogen and oxygen atoms in total. The Bertz CT molecular complexity index is 382. The van der Waals surface area contributed by atoms with Crippen molar-refractivity contribution in [2.75, 3.05) is 27.3 Å². The molecule has 1 aromatic rings. The molecule has 0 aliphatic rings. The van der Waals surface area contributed by atoms with Crippen molar-refractivity contribution in [2.24, 2.45) is 0 Å². The Hall–Kier alpha value is -1.82. The highest BCUT2D eigenvalue weighted by Crippen LogP contribution is 2.31. The average Bonchev–Trinajstić information content (AvgIpc) is 2.34. The number of non-ortho nitro benzene ring substituents is 1. The van der Waals surface area contributed by atoms with E-state index in [1.54, 1.807) is 0 Å². The van der Waals surface area contributed by atoms with Gasteiger partial charge in [0.1, 0.15) is 0 Å². The fraction of sp³-hybridized carbons (Fsp3) is 0.455. The van der Waals surface area contributed by atoms with Crippen molar-refractivity contribution in [3.63, 3.8) is 0 Å². The molecule has 0 aliphatic heterocycles. The summed E-state index contributed by atoms with van der Waals surface area (Å²) in [5.74, 6) is 0.901. The van der Waals surface area contributed by atoms with E-state index in [0.717, 1.165) is 13.0 Å². The molecule has 0 aliphatic carbocycles. The smallest absolute Gasteiger partial charge is 0.273 e. The molecule has 0 bridgehead atoms. The maximum atomic E-state index is 10.6. The summed E-state index contributed by atoms with van der Waals surface area (Å²) in [6, 6.07) is 4.29. The molecule has 94 valence electrons.